The summed E-state index contributed by atoms with van der Waals surface area (Å²) >= 11 is 0. The Kier molecular flexibility index (Phi) is 5.57. The second kappa shape index (κ2) is 7.57. The Bertz CT molecular complexity index is 1160. The maximum atomic E-state index is 12.9. The van der Waals surface area contributed by atoms with E-state index >= 15 is 0 Å². The molecule has 0 spiro atoms. The first-order chi connectivity index (χ1) is 13.8. The lowest BCUT2D eigenvalue weighted by Gasteiger charge is -2.20. The van der Waals surface area contributed by atoms with Crippen molar-refractivity contribution in [3.8, 4) is 0 Å². The van der Waals surface area contributed by atoms with Gasteiger partial charge in [-0.2, -0.15) is 13.2 Å². The Morgan fingerprint density at radius 3 is 2.27 bits per heavy atom. The van der Waals surface area contributed by atoms with E-state index in [-0.39, 0.29) is 22.8 Å². The third kappa shape index (κ3) is 4.58. The predicted octanol–water partition coefficient (Wildman–Crippen LogP) is 4.03. The van der Waals surface area contributed by atoms with Crippen molar-refractivity contribution >= 4 is 20.9 Å². The van der Waals surface area contributed by atoms with Crippen LogP contribution in [0.5, 0.6) is 0 Å². The van der Waals surface area contributed by atoms with E-state index in [1.807, 2.05) is 20.8 Å². The molecule has 0 saturated carbocycles. The molecule has 0 radical (unpaired) electrons. The van der Waals surface area contributed by atoms with Crippen molar-refractivity contribution < 1.29 is 31.5 Å². The molecule has 0 aliphatic heterocycles. The summed E-state index contributed by atoms with van der Waals surface area (Å²) in [4.78, 5) is 4.58. The number of nitrogens with zero attached hydrogens (tertiary/aromatic N) is 3. The van der Waals surface area contributed by atoms with Gasteiger partial charge in [-0.15, -0.1) is 0 Å². The topological polar surface area (TPSA) is 76.1 Å². The number of imidazole rings is 1. The molecule has 0 amide bonds. The molecule has 0 unspecified atom stereocenters. The Labute approximate surface area is 172 Å². The van der Waals surface area contributed by atoms with Gasteiger partial charge in [-0.1, -0.05) is 20.8 Å². The van der Waals surface area contributed by atoms with E-state index in [0.717, 1.165) is 4.73 Å². The van der Waals surface area contributed by atoms with Crippen LogP contribution in [0.15, 0.2) is 52.5 Å². The Hall–Kier alpha value is -2.62. The first kappa shape index (κ1) is 22.1. The molecule has 0 aliphatic carbocycles. The molecule has 1 aromatic carbocycles. The highest BCUT2D eigenvalue weighted by atomic mass is 32.2. The Balaban J connectivity index is 2.05. The summed E-state index contributed by atoms with van der Waals surface area (Å²) < 4.78 is 66.1. The zero-order valence-corrected chi connectivity index (χ0v) is 17.6. The number of fused-ring (bicyclic) bond motifs is 1. The monoisotopic (exact) mass is 442 g/mol. The molecular formula is C20H23F3N3O3S+. The van der Waals surface area contributed by atoms with Crippen molar-refractivity contribution in [2.45, 2.75) is 61.5 Å². The largest absolute Gasteiger partial charge is 0.389 e. The molecule has 162 valence electrons. The van der Waals surface area contributed by atoms with Crippen LogP contribution >= 0.6 is 0 Å². The first-order valence-electron chi connectivity index (χ1n) is 9.32. The zero-order valence-electron chi connectivity index (χ0n) is 16.8. The molecule has 3 aromatic rings. The molecule has 0 fully saturated rings. The average Bonchev–Trinajstić information content (AvgIpc) is 2.99. The molecule has 0 atom stereocenters. The predicted molar refractivity (Wildman–Crippen MR) is 103 cm³/mol. The lowest BCUT2D eigenvalue weighted by Crippen LogP contribution is -2.28. The summed E-state index contributed by atoms with van der Waals surface area (Å²) in [5, 5.41) is 9.30. The lowest BCUT2D eigenvalue weighted by molar-refractivity contribution is -0.905. The molecule has 3 rings (SSSR count). The molecule has 2 aromatic heterocycles. The third-order valence-corrected chi connectivity index (χ3v) is 6.40. The molecule has 0 bridgehead atoms. The fourth-order valence-corrected chi connectivity index (χ4v) is 4.50. The average molecular weight is 442 g/mol. The maximum Gasteiger partial charge on any atom is 0.389 e. The molecule has 30 heavy (non-hydrogen) atoms. The van der Waals surface area contributed by atoms with Crippen molar-refractivity contribution in [2.75, 3.05) is 0 Å². The number of benzene rings is 1. The summed E-state index contributed by atoms with van der Waals surface area (Å²) in [6.45, 7) is 5.84. The van der Waals surface area contributed by atoms with Crippen molar-refractivity contribution in [1.82, 2.24) is 9.55 Å². The van der Waals surface area contributed by atoms with Gasteiger partial charge in [0, 0.05) is 35.2 Å². The van der Waals surface area contributed by atoms with Gasteiger partial charge in [0.1, 0.15) is 5.82 Å². The Morgan fingerprint density at radius 2 is 1.70 bits per heavy atom. The van der Waals surface area contributed by atoms with Crippen molar-refractivity contribution in [3.63, 3.8) is 0 Å². The van der Waals surface area contributed by atoms with Gasteiger partial charge in [-0.05, 0) is 24.6 Å². The van der Waals surface area contributed by atoms with Crippen LogP contribution in [-0.2, 0) is 21.8 Å². The van der Waals surface area contributed by atoms with Gasteiger partial charge in [0.05, 0.1) is 20.8 Å². The highest BCUT2D eigenvalue weighted by Gasteiger charge is 2.28. The summed E-state index contributed by atoms with van der Waals surface area (Å²) in [5.41, 5.74) is 0.549. The normalized spacial score (nSPS) is 13.1. The van der Waals surface area contributed by atoms with Gasteiger partial charge in [-0.25, -0.2) is 13.4 Å². The number of aromatic nitrogens is 3. The van der Waals surface area contributed by atoms with Gasteiger partial charge in [-0.3, -0.25) is 5.21 Å². The molecule has 10 heteroatoms. The number of hydrogen-bond donors (Lipinski definition) is 1. The summed E-state index contributed by atoms with van der Waals surface area (Å²) in [7, 11) is -3.85. The second-order valence-corrected chi connectivity index (χ2v) is 10.1. The second-order valence-electron chi connectivity index (χ2n) is 8.12. The number of hydrogen-bond acceptors (Lipinski definition) is 4. The van der Waals surface area contributed by atoms with E-state index in [1.165, 1.54) is 36.7 Å². The molecular weight excluding hydrogens is 419 g/mol. The van der Waals surface area contributed by atoms with Crippen LogP contribution in [0.3, 0.4) is 0 Å². The lowest BCUT2D eigenvalue weighted by atomic mass is 9.95. The van der Waals surface area contributed by atoms with E-state index < -0.39 is 27.8 Å². The number of sulfone groups is 1. The fourth-order valence-electron chi connectivity index (χ4n) is 3.23. The van der Waals surface area contributed by atoms with Gasteiger partial charge in [0.15, 0.2) is 0 Å². The minimum absolute atomic E-state index is 0.00723. The maximum absolute atomic E-state index is 12.9. The van der Waals surface area contributed by atoms with Crippen LogP contribution in [0.2, 0.25) is 0 Å². The van der Waals surface area contributed by atoms with Crippen molar-refractivity contribution in [3.05, 3.63) is 48.5 Å². The van der Waals surface area contributed by atoms with Gasteiger partial charge in [0.2, 0.25) is 22.2 Å². The zero-order chi connectivity index (χ0) is 22.3. The molecule has 6 nitrogen and oxygen atoms in total. The van der Waals surface area contributed by atoms with Gasteiger partial charge < -0.3 is 4.57 Å². The van der Waals surface area contributed by atoms with E-state index in [4.69, 9.17) is 0 Å². The molecule has 1 N–H and O–H groups in total. The van der Waals surface area contributed by atoms with Crippen molar-refractivity contribution in [2.24, 2.45) is 0 Å². The minimum atomic E-state index is -4.23. The standard InChI is InChI=1S/C20H23F3N3O3S/c1-19(2,3)18-24-16-13-15(30(28,29)14-7-11-25(27)12-8-14)5-6-17(16)26(18)10-4-9-20(21,22)23/h5-8,11-13,27H,4,9-10H2,1-3H3/q+1. The SMILES string of the molecule is CC(C)(C)c1nc2cc(S(=O)(=O)c3cc[n+](O)cc3)ccc2n1CCCC(F)(F)F. The van der Waals surface area contributed by atoms with Gasteiger partial charge in [0.25, 0.3) is 0 Å². The van der Waals surface area contributed by atoms with E-state index in [2.05, 4.69) is 4.98 Å². The number of pyridine rings is 1. The Morgan fingerprint density at radius 1 is 1.07 bits per heavy atom. The summed E-state index contributed by atoms with van der Waals surface area (Å²) in [5.74, 6) is 0.593. The fraction of sp³-hybridized carbons (Fsp3) is 0.400. The van der Waals surface area contributed by atoms with E-state index in [1.54, 1.807) is 10.6 Å². The van der Waals surface area contributed by atoms with Crippen LogP contribution < -0.4 is 4.73 Å². The molecule has 0 aliphatic rings. The van der Waals surface area contributed by atoms with Crippen LogP contribution in [-0.4, -0.2) is 29.4 Å². The summed E-state index contributed by atoms with van der Waals surface area (Å²) in [6.07, 6.45) is -2.82. The highest BCUT2D eigenvalue weighted by molar-refractivity contribution is 7.91. The number of rotatable bonds is 5. The highest BCUT2D eigenvalue weighted by Crippen LogP contribution is 2.30. The molecule has 0 saturated heterocycles. The quantitative estimate of drug-likeness (QED) is 0.478. The molecule has 2 heterocycles. The van der Waals surface area contributed by atoms with E-state index in [9.17, 15) is 26.8 Å². The van der Waals surface area contributed by atoms with Crippen LogP contribution in [0, 0.1) is 0 Å². The van der Waals surface area contributed by atoms with Crippen LogP contribution in [0.25, 0.3) is 11.0 Å². The number of halogens is 3. The third-order valence-electron chi connectivity index (χ3n) is 4.64. The first-order valence-corrected chi connectivity index (χ1v) is 10.8. The summed E-state index contributed by atoms with van der Waals surface area (Å²) in [6, 6.07) is 6.98. The van der Waals surface area contributed by atoms with E-state index in [0.29, 0.717) is 16.9 Å². The van der Waals surface area contributed by atoms with Crippen LogP contribution in [0.1, 0.15) is 39.4 Å². The smallest absolute Gasteiger partial charge is 0.328 e. The van der Waals surface area contributed by atoms with Crippen molar-refractivity contribution in [1.29, 1.82) is 0 Å². The van der Waals surface area contributed by atoms with Crippen LogP contribution in [0.4, 0.5) is 13.2 Å². The van der Waals surface area contributed by atoms with Gasteiger partial charge >= 0.3 is 6.18 Å². The number of alkyl halides is 3. The number of aryl methyl sites for hydroxylation is 1. The minimum Gasteiger partial charge on any atom is -0.328 e.